The Hall–Kier alpha value is -2.62. The lowest BCUT2D eigenvalue weighted by molar-refractivity contribution is 0.102. The van der Waals surface area contributed by atoms with Gasteiger partial charge >= 0.3 is 0 Å². The molecule has 1 aromatic heterocycles. The number of hydrogen-bond acceptors (Lipinski definition) is 3. The number of carbonyl (C=O) groups is 1. The summed E-state index contributed by atoms with van der Waals surface area (Å²) in [6.45, 7) is 4.02. The minimum Gasteiger partial charge on any atom is -0.490 e. The number of carbonyl (C=O) groups excluding carboxylic acids is 1. The fraction of sp³-hybridized carbons (Fsp3) is 0.0667. The molecule has 1 aromatic carbocycles. The lowest BCUT2D eigenvalue weighted by Gasteiger charge is -2.06. The normalized spacial score (nSPS) is 9.68. The lowest BCUT2D eigenvalue weighted by atomic mass is 10.2. The molecule has 1 heterocycles. The molecule has 4 nitrogen and oxygen atoms in total. The summed E-state index contributed by atoms with van der Waals surface area (Å²) in [4.78, 5) is 15.8. The van der Waals surface area contributed by atoms with Gasteiger partial charge in [0, 0.05) is 23.6 Å². The van der Waals surface area contributed by atoms with Gasteiger partial charge in [-0.1, -0.05) is 12.7 Å². The van der Waals surface area contributed by atoms with E-state index < -0.39 is 0 Å². The first-order valence-corrected chi connectivity index (χ1v) is 5.85. The maximum absolute atomic E-state index is 12.0. The number of ether oxygens (including phenoxy) is 1. The highest BCUT2D eigenvalue weighted by Gasteiger charge is 2.05. The first-order valence-electron chi connectivity index (χ1n) is 5.85. The summed E-state index contributed by atoms with van der Waals surface area (Å²) in [7, 11) is 0. The van der Waals surface area contributed by atoms with Crippen LogP contribution in [0.15, 0.2) is 61.4 Å². The van der Waals surface area contributed by atoms with Crippen molar-refractivity contribution in [3.63, 3.8) is 0 Å². The fourth-order valence-corrected chi connectivity index (χ4v) is 1.50. The van der Waals surface area contributed by atoms with Crippen LogP contribution in [0.25, 0.3) is 0 Å². The van der Waals surface area contributed by atoms with Gasteiger partial charge in [0.2, 0.25) is 0 Å². The Labute approximate surface area is 111 Å². The van der Waals surface area contributed by atoms with Crippen molar-refractivity contribution in [2.75, 3.05) is 11.9 Å². The van der Waals surface area contributed by atoms with Crippen molar-refractivity contribution in [2.24, 2.45) is 0 Å². The number of nitrogens with one attached hydrogen (secondary N) is 1. The van der Waals surface area contributed by atoms with E-state index in [4.69, 9.17) is 4.74 Å². The lowest BCUT2D eigenvalue weighted by Crippen LogP contribution is -2.11. The Bertz CT molecular complexity index is 550. The second kappa shape index (κ2) is 6.35. The molecular formula is C15H14N2O2. The maximum atomic E-state index is 12.0. The maximum Gasteiger partial charge on any atom is 0.255 e. The Morgan fingerprint density at radius 2 is 1.89 bits per heavy atom. The molecule has 0 unspecified atom stereocenters. The Morgan fingerprint density at radius 3 is 2.53 bits per heavy atom. The van der Waals surface area contributed by atoms with Crippen LogP contribution < -0.4 is 10.1 Å². The van der Waals surface area contributed by atoms with Crippen LogP contribution >= 0.6 is 0 Å². The number of anilines is 1. The van der Waals surface area contributed by atoms with Crippen LogP contribution in [-0.4, -0.2) is 17.5 Å². The monoisotopic (exact) mass is 254 g/mol. The van der Waals surface area contributed by atoms with Gasteiger partial charge in [0.1, 0.15) is 12.4 Å². The van der Waals surface area contributed by atoms with E-state index in [1.165, 1.54) is 0 Å². The standard InChI is InChI=1S/C15H14N2O2/c1-2-11-19-14-5-3-12(4-6-14)15(18)17-13-7-9-16-10-8-13/h2-10H,1,11H2,(H,16,17,18). The van der Waals surface area contributed by atoms with Gasteiger partial charge in [0.25, 0.3) is 5.91 Å². The smallest absolute Gasteiger partial charge is 0.255 e. The molecule has 1 N–H and O–H groups in total. The summed E-state index contributed by atoms with van der Waals surface area (Å²) in [5.74, 6) is 0.543. The van der Waals surface area contributed by atoms with Crippen LogP contribution in [0.4, 0.5) is 5.69 Å². The van der Waals surface area contributed by atoms with Gasteiger partial charge in [-0.2, -0.15) is 0 Å². The molecule has 4 heteroatoms. The number of nitrogens with zero attached hydrogens (tertiary/aromatic N) is 1. The quantitative estimate of drug-likeness (QED) is 0.835. The van der Waals surface area contributed by atoms with Gasteiger partial charge in [0.15, 0.2) is 0 Å². The van der Waals surface area contributed by atoms with Crippen LogP contribution in [0.2, 0.25) is 0 Å². The highest BCUT2D eigenvalue weighted by Crippen LogP contribution is 2.13. The van der Waals surface area contributed by atoms with Gasteiger partial charge in [-0.25, -0.2) is 0 Å². The fourth-order valence-electron chi connectivity index (χ4n) is 1.50. The molecule has 0 saturated heterocycles. The second-order valence-electron chi connectivity index (χ2n) is 3.81. The van der Waals surface area contributed by atoms with Crippen LogP contribution in [0, 0.1) is 0 Å². The zero-order valence-corrected chi connectivity index (χ0v) is 10.4. The SMILES string of the molecule is C=CCOc1ccc(C(=O)Nc2ccncc2)cc1. The summed E-state index contributed by atoms with van der Waals surface area (Å²) in [6.07, 6.45) is 4.92. The van der Waals surface area contributed by atoms with Crippen molar-refractivity contribution in [1.82, 2.24) is 4.98 Å². The Morgan fingerprint density at radius 1 is 1.21 bits per heavy atom. The summed E-state index contributed by atoms with van der Waals surface area (Å²) in [5.41, 5.74) is 1.29. The molecule has 0 aliphatic rings. The molecule has 0 aliphatic heterocycles. The molecule has 0 saturated carbocycles. The van der Waals surface area contributed by atoms with Gasteiger partial charge in [-0.3, -0.25) is 9.78 Å². The van der Waals surface area contributed by atoms with Crippen LogP contribution in [0.3, 0.4) is 0 Å². The topological polar surface area (TPSA) is 51.2 Å². The third-order valence-corrected chi connectivity index (χ3v) is 2.42. The Balaban J connectivity index is 2.01. The van der Waals surface area contributed by atoms with Crippen molar-refractivity contribution in [1.29, 1.82) is 0 Å². The van der Waals surface area contributed by atoms with E-state index in [0.29, 0.717) is 23.6 Å². The Kier molecular flexibility index (Phi) is 4.29. The number of amides is 1. The minimum absolute atomic E-state index is 0.165. The number of rotatable bonds is 5. The highest BCUT2D eigenvalue weighted by atomic mass is 16.5. The van der Waals surface area contributed by atoms with Crippen LogP contribution in [0.5, 0.6) is 5.75 Å². The summed E-state index contributed by atoms with van der Waals surface area (Å²) in [6, 6.07) is 10.4. The first-order chi connectivity index (χ1) is 9.29. The van der Waals surface area contributed by atoms with E-state index in [-0.39, 0.29) is 5.91 Å². The molecule has 0 bridgehead atoms. The number of hydrogen-bond donors (Lipinski definition) is 1. The number of benzene rings is 1. The zero-order valence-electron chi connectivity index (χ0n) is 10.4. The molecule has 0 fully saturated rings. The van der Waals surface area contributed by atoms with Crippen molar-refractivity contribution >= 4 is 11.6 Å². The van der Waals surface area contributed by atoms with E-state index in [1.54, 1.807) is 54.9 Å². The van der Waals surface area contributed by atoms with Gasteiger partial charge in [0.05, 0.1) is 0 Å². The molecular weight excluding hydrogens is 240 g/mol. The van der Waals surface area contributed by atoms with Gasteiger partial charge in [-0.15, -0.1) is 0 Å². The third kappa shape index (κ3) is 3.67. The highest BCUT2D eigenvalue weighted by molar-refractivity contribution is 6.04. The van der Waals surface area contributed by atoms with Crippen molar-refractivity contribution in [3.8, 4) is 5.75 Å². The largest absolute Gasteiger partial charge is 0.490 e. The molecule has 19 heavy (non-hydrogen) atoms. The summed E-state index contributed by atoms with van der Waals surface area (Å²) >= 11 is 0. The average Bonchev–Trinajstić information content (AvgIpc) is 2.46. The van der Waals surface area contributed by atoms with Crippen molar-refractivity contribution in [2.45, 2.75) is 0 Å². The third-order valence-electron chi connectivity index (χ3n) is 2.42. The molecule has 2 aromatic rings. The van der Waals surface area contributed by atoms with Crippen molar-refractivity contribution in [3.05, 3.63) is 67.0 Å². The van der Waals surface area contributed by atoms with E-state index in [0.717, 1.165) is 0 Å². The minimum atomic E-state index is -0.165. The van der Waals surface area contributed by atoms with Crippen LogP contribution in [-0.2, 0) is 0 Å². The van der Waals surface area contributed by atoms with Gasteiger partial charge < -0.3 is 10.1 Å². The summed E-state index contributed by atoms with van der Waals surface area (Å²) in [5, 5.41) is 2.78. The molecule has 0 radical (unpaired) electrons. The first kappa shape index (κ1) is 12.8. The molecule has 0 aliphatic carbocycles. The molecule has 1 amide bonds. The zero-order chi connectivity index (χ0) is 13.5. The van der Waals surface area contributed by atoms with Gasteiger partial charge in [-0.05, 0) is 36.4 Å². The molecule has 0 atom stereocenters. The van der Waals surface area contributed by atoms with E-state index >= 15 is 0 Å². The molecule has 96 valence electrons. The predicted octanol–water partition coefficient (Wildman–Crippen LogP) is 2.90. The average molecular weight is 254 g/mol. The number of pyridine rings is 1. The number of aromatic nitrogens is 1. The van der Waals surface area contributed by atoms with Crippen molar-refractivity contribution < 1.29 is 9.53 Å². The predicted molar refractivity (Wildman–Crippen MR) is 74.3 cm³/mol. The molecule has 0 spiro atoms. The second-order valence-corrected chi connectivity index (χ2v) is 3.81. The van der Waals surface area contributed by atoms with E-state index in [9.17, 15) is 4.79 Å². The molecule has 2 rings (SSSR count). The van der Waals surface area contributed by atoms with E-state index in [1.807, 2.05) is 0 Å². The van der Waals surface area contributed by atoms with Crippen LogP contribution in [0.1, 0.15) is 10.4 Å². The summed E-state index contributed by atoms with van der Waals surface area (Å²) < 4.78 is 5.35. The van der Waals surface area contributed by atoms with E-state index in [2.05, 4.69) is 16.9 Å².